The lowest BCUT2D eigenvalue weighted by Crippen LogP contribution is -2.19. The van der Waals surface area contributed by atoms with Crippen LogP contribution in [0.2, 0.25) is 0 Å². The Morgan fingerprint density at radius 1 is 1.22 bits per heavy atom. The summed E-state index contributed by atoms with van der Waals surface area (Å²) in [7, 11) is -2.31. The first kappa shape index (κ1) is 17.3. The highest BCUT2D eigenvalue weighted by molar-refractivity contribution is 9.10. The molecule has 2 aromatic rings. The number of aromatic hydroxyl groups is 1. The van der Waals surface area contributed by atoms with Crippen LogP contribution in [0.5, 0.6) is 11.5 Å². The normalized spacial score (nSPS) is 12.0. The molecule has 0 heterocycles. The molecule has 0 bridgehead atoms. The second-order valence-electron chi connectivity index (χ2n) is 4.63. The van der Waals surface area contributed by atoms with Crippen LogP contribution in [0, 0.1) is 0 Å². The average molecular weight is 399 g/mol. The molecule has 0 atom stereocenters. The number of phenolic OH excluding ortho intramolecular Hbond substituents is 1. The Bertz CT molecular complexity index is 833. The molecule has 0 aliphatic carbocycles. The summed E-state index contributed by atoms with van der Waals surface area (Å²) in [4.78, 5) is 2.30. The van der Waals surface area contributed by atoms with Crippen molar-refractivity contribution in [1.29, 1.82) is 0 Å². The first-order valence-corrected chi connectivity index (χ1v) is 8.80. The van der Waals surface area contributed by atoms with E-state index in [0.29, 0.717) is 11.3 Å². The van der Waals surface area contributed by atoms with Crippen LogP contribution in [-0.2, 0) is 10.0 Å². The van der Waals surface area contributed by atoms with Crippen molar-refractivity contribution in [2.45, 2.75) is 11.8 Å². The molecule has 2 rings (SSSR count). The number of ether oxygens (including phenoxy) is 1. The number of hydrogen-bond donors (Lipinski definition) is 2. The fraction of sp³-hybridized carbons (Fsp3) is 0.133. The summed E-state index contributed by atoms with van der Waals surface area (Å²) in [6.45, 7) is 1.65. The zero-order valence-electron chi connectivity index (χ0n) is 12.4. The van der Waals surface area contributed by atoms with Crippen molar-refractivity contribution in [2.24, 2.45) is 5.10 Å². The van der Waals surface area contributed by atoms with Crippen molar-refractivity contribution in [3.05, 3.63) is 52.5 Å². The molecule has 2 aromatic carbocycles. The fourth-order valence-corrected chi connectivity index (χ4v) is 2.88. The second-order valence-corrected chi connectivity index (χ2v) is 7.21. The van der Waals surface area contributed by atoms with Gasteiger partial charge in [0.1, 0.15) is 0 Å². The van der Waals surface area contributed by atoms with Gasteiger partial charge in [0.15, 0.2) is 11.5 Å². The highest BCUT2D eigenvalue weighted by Gasteiger charge is 2.13. The number of methoxy groups -OCH3 is 1. The molecule has 8 heteroatoms. The van der Waals surface area contributed by atoms with Crippen LogP contribution < -0.4 is 9.57 Å². The molecule has 2 N–H and O–H groups in total. The molecular formula is C15H15BrN2O4S. The Balaban J connectivity index is 2.23. The van der Waals surface area contributed by atoms with Gasteiger partial charge in [-0.15, -0.1) is 0 Å². The quantitative estimate of drug-likeness (QED) is 0.598. The van der Waals surface area contributed by atoms with Gasteiger partial charge < -0.3 is 9.84 Å². The number of nitrogens with one attached hydrogen (secondary N) is 1. The number of hydrogen-bond acceptors (Lipinski definition) is 5. The van der Waals surface area contributed by atoms with Crippen molar-refractivity contribution in [3.8, 4) is 11.5 Å². The van der Waals surface area contributed by atoms with Gasteiger partial charge in [-0.25, -0.2) is 0 Å². The molecule has 0 aliphatic heterocycles. The van der Waals surface area contributed by atoms with Gasteiger partial charge in [0.25, 0.3) is 10.0 Å². The van der Waals surface area contributed by atoms with Crippen LogP contribution in [0.1, 0.15) is 12.5 Å². The van der Waals surface area contributed by atoms with Crippen molar-refractivity contribution in [2.75, 3.05) is 7.11 Å². The van der Waals surface area contributed by atoms with E-state index in [0.717, 1.165) is 4.47 Å². The first-order valence-electron chi connectivity index (χ1n) is 6.52. The molecule has 0 aliphatic rings. The van der Waals surface area contributed by atoms with Gasteiger partial charge >= 0.3 is 0 Å². The van der Waals surface area contributed by atoms with E-state index in [9.17, 15) is 13.5 Å². The summed E-state index contributed by atoms with van der Waals surface area (Å²) in [5, 5.41) is 13.5. The van der Waals surface area contributed by atoms with Crippen LogP contribution in [-0.4, -0.2) is 26.3 Å². The highest BCUT2D eigenvalue weighted by Crippen LogP contribution is 2.26. The number of rotatable bonds is 5. The lowest BCUT2D eigenvalue weighted by molar-refractivity contribution is 0.373. The minimum absolute atomic E-state index is 0.000469. The Kier molecular flexibility index (Phi) is 5.27. The minimum atomic E-state index is -3.74. The van der Waals surface area contributed by atoms with E-state index in [4.69, 9.17) is 4.74 Å². The standard InChI is InChI=1S/C15H15BrN2O4S/c1-10(11-3-8-14(19)15(9-11)22-2)17-18-23(20,21)13-6-4-12(16)5-7-13/h3-9,18-19H,1-2H3. The Hall–Kier alpha value is -2.06. The predicted molar refractivity (Wildman–Crippen MR) is 91.3 cm³/mol. The van der Waals surface area contributed by atoms with Gasteiger partial charge in [0.05, 0.1) is 17.7 Å². The van der Waals surface area contributed by atoms with Crippen molar-refractivity contribution < 1.29 is 18.3 Å². The monoisotopic (exact) mass is 398 g/mol. The van der Waals surface area contributed by atoms with Crippen LogP contribution >= 0.6 is 15.9 Å². The third-order valence-corrected chi connectivity index (χ3v) is 4.81. The minimum Gasteiger partial charge on any atom is -0.504 e. The summed E-state index contributed by atoms with van der Waals surface area (Å²) in [6, 6.07) is 10.9. The summed E-state index contributed by atoms with van der Waals surface area (Å²) in [6.07, 6.45) is 0. The number of hydrazone groups is 1. The van der Waals surface area contributed by atoms with E-state index >= 15 is 0 Å². The van der Waals surface area contributed by atoms with Gasteiger partial charge in [0, 0.05) is 10.0 Å². The molecule has 0 unspecified atom stereocenters. The third kappa shape index (κ3) is 4.23. The van der Waals surface area contributed by atoms with E-state index in [-0.39, 0.29) is 16.4 Å². The third-order valence-electron chi connectivity index (χ3n) is 3.05. The average Bonchev–Trinajstić information content (AvgIpc) is 2.53. The number of halogens is 1. The zero-order valence-corrected chi connectivity index (χ0v) is 14.8. The summed E-state index contributed by atoms with van der Waals surface area (Å²) >= 11 is 3.25. The summed E-state index contributed by atoms with van der Waals surface area (Å²) < 4.78 is 30.1. The van der Waals surface area contributed by atoms with Crippen LogP contribution in [0.25, 0.3) is 0 Å². The Labute approximate surface area is 143 Å². The molecule has 0 spiro atoms. The molecule has 0 saturated heterocycles. The molecule has 122 valence electrons. The first-order chi connectivity index (χ1) is 10.8. The molecule has 6 nitrogen and oxygen atoms in total. The van der Waals surface area contributed by atoms with Crippen molar-refractivity contribution >= 4 is 31.7 Å². The van der Waals surface area contributed by atoms with Gasteiger partial charge in [-0.3, -0.25) is 0 Å². The Morgan fingerprint density at radius 3 is 2.48 bits per heavy atom. The van der Waals surface area contributed by atoms with Crippen LogP contribution in [0.3, 0.4) is 0 Å². The molecule has 0 fully saturated rings. The SMILES string of the molecule is COc1cc(C(C)=NNS(=O)(=O)c2ccc(Br)cc2)ccc1O. The summed E-state index contributed by atoms with van der Waals surface area (Å²) in [5.74, 6) is 0.285. The molecular weight excluding hydrogens is 384 g/mol. The van der Waals surface area contributed by atoms with E-state index in [1.165, 1.54) is 25.3 Å². The smallest absolute Gasteiger partial charge is 0.276 e. The molecule has 23 heavy (non-hydrogen) atoms. The predicted octanol–water partition coefficient (Wildman–Crippen LogP) is 2.87. The van der Waals surface area contributed by atoms with Gasteiger partial charge in [-0.2, -0.15) is 18.4 Å². The molecule has 0 aromatic heterocycles. The van der Waals surface area contributed by atoms with E-state index in [1.807, 2.05) is 0 Å². The maximum atomic E-state index is 12.2. The maximum Gasteiger partial charge on any atom is 0.276 e. The van der Waals surface area contributed by atoms with Crippen molar-refractivity contribution in [3.63, 3.8) is 0 Å². The molecule has 0 amide bonds. The lowest BCUT2D eigenvalue weighted by atomic mass is 10.1. The van der Waals surface area contributed by atoms with E-state index in [2.05, 4.69) is 25.9 Å². The summed E-state index contributed by atoms with van der Waals surface area (Å²) in [5.41, 5.74) is 1.06. The number of nitrogens with zero attached hydrogens (tertiary/aromatic N) is 1. The molecule has 0 saturated carbocycles. The van der Waals surface area contributed by atoms with E-state index in [1.54, 1.807) is 31.2 Å². The Morgan fingerprint density at radius 2 is 1.87 bits per heavy atom. The zero-order chi connectivity index (χ0) is 17.0. The number of phenols is 1. The number of benzene rings is 2. The maximum absolute atomic E-state index is 12.2. The van der Waals surface area contributed by atoms with E-state index < -0.39 is 10.0 Å². The highest BCUT2D eigenvalue weighted by atomic mass is 79.9. The van der Waals surface area contributed by atoms with Crippen molar-refractivity contribution in [1.82, 2.24) is 4.83 Å². The molecule has 0 radical (unpaired) electrons. The largest absolute Gasteiger partial charge is 0.504 e. The van der Waals surface area contributed by atoms with Gasteiger partial charge in [-0.05, 0) is 49.4 Å². The van der Waals surface area contributed by atoms with Crippen LogP contribution in [0.4, 0.5) is 0 Å². The number of sulfonamides is 1. The topological polar surface area (TPSA) is 88.0 Å². The fourth-order valence-electron chi connectivity index (χ4n) is 1.76. The van der Waals surface area contributed by atoms with Gasteiger partial charge in [0.2, 0.25) is 0 Å². The van der Waals surface area contributed by atoms with Gasteiger partial charge in [-0.1, -0.05) is 15.9 Å². The lowest BCUT2D eigenvalue weighted by Gasteiger charge is -2.08. The van der Waals surface area contributed by atoms with Crippen LogP contribution in [0.15, 0.2) is 56.9 Å². The second kappa shape index (κ2) is 7.01.